The molecule has 0 aromatic carbocycles. The Kier molecular flexibility index (Phi) is 6.73. The average Bonchev–Trinajstić information content (AvgIpc) is 2.43. The molecule has 0 saturated heterocycles. The molecule has 0 saturated carbocycles. The quantitative estimate of drug-likeness (QED) is 0.578. The van der Waals surface area contributed by atoms with Gasteiger partial charge in [0.2, 0.25) is 12.3 Å². The third-order valence-electron chi connectivity index (χ3n) is 2.46. The van der Waals surface area contributed by atoms with Crippen LogP contribution in [0.1, 0.15) is 12.0 Å². The summed E-state index contributed by atoms with van der Waals surface area (Å²) in [5, 5.41) is 10.7. The lowest BCUT2D eigenvalue weighted by atomic mass is 10.2. The highest BCUT2D eigenvalue weighted by molar-refractivity contribution is 7.99. The average molecular weight is 358 g/mol. The Morgan fingerprint density at radius 1 is 1.30 bits per heavy atom. The first-order chi connectivity index (χ1) is 10.6. The summed E-state index contributed by atoms with van der Waals surface area (Å²) < 4.78 is 61.3. The SMILES string of the molecule is O=C(CSc1ccc(C(F)(F)F)cn1)NC(CC(F)F)C(=O)O. The zero-order valence-corrected chi connectivity index (χ0v) is 12.1. The Morgan fingerprint density at radius 2 is 1.96 bits per heavy atom. The maximum Gasteiger partial charge on any atom is 0.417 e. The van der Waals surface area contributed by atoms with E-state index in [4.69, 9.17) is 5.11 Å². The van der Waals surface area contributed by atoms with Crippen LogP contribution in [-0.2, 0) is 15.8 Å². The monoisotopic (exact) mass is 358 g/mol. The van der Waals surface area contributed by atoms with Crippen LogP contribution in [0.5, 0.6) is 0 Å². The summed E-state index contributed by atoms with van der Waals surface area (Å²) >= 11 is 0.750. The Labute approximate surface area is 131 Å². The van der Waals surface area contributed by atoms with Crippen LogP contribution >= 0.6 is 11.8 Å². The molecule has 0 radical (unpaired) electrons. The molecule has 1 amide bonds. The van der Waals surface area contributed by atoms with Crippen molar-refractivity contribution in [2.45, 2.75) is 30.1 Å². The number of halogens is 5. The third-order valence-corrected chi connectivity index (χ3v) is 3.41. The molecule has 1 atom stereocenters. The largest absolute Gasteiger partial charge is 0.480 e. The van der Waals surface area contributed by atoms with Crippen molar-refractivity contribution in [1.29, 1.82) is 0 Å². The molecule has 128 valence electrons. The lowest BCUT2D eigenvalue weighted by Crippen LogP contribution is -2.42. The molecule has 5 nitrogen and oxygen atoms in total. The van der Waals surface area contributed by atoms with E-state index >= 15 is 0 Å². The molecular formula is C12H11F5N2O3S. The topological polar surface area (TPSA) is 79.3 Å². The molecule has 0 aliphatic carbocycles. The minimum atomic E-state index is -4.53. The highest BCUT2D eigenvalue weighted by Gasteiger charge is 2.30. The van der Waals surface area contributed by atoms with Gasteiger partial charge in [0.25, 0.3) is 0 Å². The van der Waals surface area contributed by atoms with Crippen molar-refractivity contribution in [3.05, 3.63) is 23.9 Å². The molecule has 2 N–H and O–H groups in total. The van der Waals surface area contributed by atoms with Gasteiger partial charge in [-0.3, -0.25) is 4.79 Å². The molecule has 0 aliphatic rings. The first kappa shape index (κ1) is 19.1. The van der Waals surface area contributed by atoms with Crippen molar-refractivity contribution < 1.29 is 36.6 Å². The van der Waals surface area contributed by atoms with Crippen molar-refractivity contribution in [2.75, 3.05) is 5.75 Å². The first-order valence-corrected chi connectivity index (χ1v) is 7.04. The van der Waals surface area contributed by atoms with Crippen LogP contribution in [-0.4, -0.2) is 40.2 Å². The lowest BCUT2D eigenvalue weighted by molar-refractivity contribution is -0.142. The van der Waals surface area contributed by atoms with Gasteiger partial charge in [0.15, 0.2) is 0 Å². The van der Waals surface area contributed by atoms with E-state index in [1.807, 2.05) is 5.32 Å². The van der Waals surface area contributed by atoms with Gasteiger partial charge >= 0.3 is 12.1 Å². The number of thioether (sulfide) groups is 1. The van der Waals surface area contributed by atoms with Crippen LogP contribution in [0.4, 0.5) is 22.0 Å². The zero-order chi connectivity index (χ0) is 17.6. The summed E-state index contributed by atoms with van der Waals surface area (Å²) in [5.74, 6) is -2.81. The molecule has 0 aliphatic heterocycles. The fraction of sp³-hybridized carbons (Fsp3) is 0.417. The number of nitrogens with zero attached hydrogens (tertiary/aromatic N) is 1. The van der Waals surface area contributed by atoms with Gasteiger partial charge in [0, 0.05) is 12.6 Å². The highest BCUT2D eigenvalue weighted by atomic mass is 32.2. The molecule has 1 aromatic rings. The van der Waals surface area contributed by atoms with E-state index in [0.29, 0.717) is 6.20 Å². The molecule has 1 unspecified atom stereocenters. The predicted molar refractivity (Wildman–Crippen MR) is 70.2 cm³/mol. The molecule has 1 heterocycles. The van der Waals surface area contributed by atoms with Crippen LogP contribution in [0, 0.1) is 0 Å². The third kappa shape index (κ3) is 6.80. The number of amides is 1. The Hall–Kier alpha value is -1.91. The van der Waals surface area contributed by atoms with Gasteiger partial charge in [-0.15, -0.1) is 0 Å². The maximum atomic E-state index is 12.3. The summed E-state index contributed by atoms with van der Waals surface area (Å²) in [6.07, 6.45) is -7.88. The van der Waals surface area contributed by atoms with Crippen molar-refractivity contribution in [1.82, 2.24) is 10.3 Å². The number of hydrogen-bond donors (Lipinski definition) is 2. The van der Waals surface area contributed by atoms with Crippen molar-refractivity contribution in [3.8, 4) is 0 Å². The van der Waals surface area contributed by atoms with E-state index in [2.05, 4.69) is 4.98 Å². The van der Waals surface area contributed by atoms with Gasteiger partial charge in [-0.1, -0.05) is 11.8 Å². The number of hydrogen-bond acceptors (Lipinski definition) is 4. The molecule has 1 aromatic heterocycles. The maximum absolute atomic E-state index is 12.3. The van der Waals surface area contributed by atoms with E-state index in [1.165, 1.54) is 0 Å². The predicted octanol–water partition coefficient (Wildman–Crippen LogP) is 2.42. The Morgan fingerprint density at radius 3 is 2.39 bits per heavy atom. The molecule has 1 rings (SSSR count). The van der Waals surface area contributed by atoms with E-state index in [9.17, 15) is 31.5 Å². The van der Waals surface area contributed by atoms with Crippen LogP contribution < -0.4 is 5.32 Å². The van der Waals surface area contributed by atoms with Crippen molar-refractivity contribution in [3.63, 3.8) is 0 Å². The number of carbonyl (C=O) groups excluding carboxylic acids is 1. The summed E-state index contributed by atoms with van der Waals surface area (Å²) in [4.78, 5) is 25.7. The van der Waals surface area contributed by atoms with Gasteiger partial charge in [-0.05, 0) is 12.1 Å². The number of carboxylic acids is 1. The van der Waals surface area contributed by atoms with Crippen molar-refractivity contribution in [2.24, 2.45) is 0 Å². The minimum Gasteiger partial charge on any atom is -0.480 e. The van der Waals surface area contributed by atoms with Gasteiger partial charge in [0.05, 0.1) is 16.3 Å². The van der Waals surface area contributed by atoms with E-state index in [-0.39, 0.29) is 10.8 Å². The van der Waals surface area contributed by atoms with E-state index in [1.54, 1.807) is 0 Å². The normalized spacial score (nSPS) is 13.0. The molecule has 11 heteroatoms. The molecule has 23 heavy (non-hydrogen) atoms. The van der Waals surface area contributed by atoms with Gasteiger partial charge < -0.3 is 10.4 Å². The highest BCUT2D eigenvalue weighted by Crippen LogP contribution is 2.29. The van der Waals surface area contributed by atoms with Gasteiger partial charge in [-0.25, -0.2) is 18.6 Å². The molecule has 0 spiro atoms. The number of carboxylic acid groups (broad SMARTS) is 1. The molecule has 0 fully saturated rings. The summed E-state index contributed by atoms with van der Waals surface area (Å²) in [7, 11) is 0. The number of rotatable bonds is 7. The smallest absolute Gasteiger partial charge is 0.417 e. The number of pyridine rings is 1. The number of carbonyl (C=O) groups is 2. The van der Waals surface area contributed by atoms with Gasteiger partial charge in [-0.2, -0.15) is 13.2 Å². The fourth-order valence-electron chi connectivity index (χ4n) is 1.41. The summed E-state index contributed by atoms with van der Waals surface area (Å²) in [5.41, 5.74) is -0.950. The van der Waals surface area contributed by atoms with Crippen molar-refractivity contribution >= 4 is 23.6 Å². The number of aliphatic carboxylic acids is 1. The zero-order valence-electron chi connectivity index (χ0n) is 11.3. The van der Waals surface area contributed by atoms with Crippen LogP contribution in [0.2, 0.25) is 0 Å². The molecule has 0 bridgehead atoms. The van der Waals surface area contributed by atoms with Gasteiger partial charge in [0.1, 0.15) is 6.04 Å². The van der Waals surface area contributed by atoms with Crippen LogP contribution in [0.3, 0.4) is 0 Å². The summed E-state index contributed by atoms with van der Waals surface area (Å²) in [6, 6.07) is 0.0993. The second kappa shape index (κ2) is 8.09. The second-order valence-corrected chi connectivity index (χ2v) is 5.25. The summed E-state index contributed by atoms with van der Waals surface area (Å²) in [6.45, 7) is 0. The standard InChI is InChI=1S/C12H11F5N2O3S/c13-8(14)3-7(11(21)22)19-9(20)5-23-10-2-1-6(4-18-10)12(15,16)17/h1-2,4,7-8H,3,5H2,(H,19,20)(H,21,22). The van der Waals surface area contributed by atoms with Crippen LogP contribution in [0.25, 0.3) is 0 Å². The van der Waals surface area contributed by atoms with E-state index < -0.39 is 42.5 Å². The lowest BCUT2D eigenvalue weighted by Gasteiger charge is -2.13. The van der Waals surface area contributed by atoms with E-state index in [0.717, 1.165) is 23.9 Å². The minimum absolute atomic E-state index is 0.105. The number of alkyl halides is 5. The fourth-order valence-corrected chi connectivity index (χ4v) is 2.06. The van der Waals surface area contributed by atoms with Crippen LogP contribution in [0.15, 0.2) is 23.4 Å². The first-order valence-electron chi connectivity index (χ1n) is 6.06. The Bertz CT molecular complexity index is 551. The molecular weight excluding hydrogens is 347 g/mol. The number of aromatic nitrogens is 1. The number of nitrogens with one attached hydrogen (secondary N) is 1. The Balaban J connectivity index is 2.54. The second-order valence-electron chi connectivity index (χ2n) is 4.26.